The fraction of sp³-hybridized carbons (Fsp3) is 0.607. The van der Waals surface area contributed by atoms with Crippen molar-refractivity contribution in [3.8, 4) is 0 Å². The average molecular weight is 588 g/mol. The van der Waals surface area contributed by atoms with Crippen molar-refractivity contribution in [1.29, 1.82) is 0 Å². The van der Waals surface area contributed by atoms with E-state index < -0.39 is 5.60 Å². The Morgan fingerprint density at radius 3 is 2.58 bits per heavy atom. The number of nitrogens with zero attached hydrogens (tertiary/aromatic N) is 6. The molecule has 0 spiro atoms. The van der Waals surface area contributed by atoms with Gasteiger partial charge in [0.25, 0.3) is 0 Å². The number of hydrogen-bond donors (Lipinski definition) is 0. The molecule has 1 aliphatic carbocycles. The molecule has 8 nitrogen and oxygen atoms in total. The minimum Gasteiger partial charge on any atom is -0.444 e. The summed E-state index contributed by atoms with van der Waals surface area (Å²) < 4.78 is 24.0. The van der Waals surface area contributed by atoms with Gasteiger partial charge < -0.3 is 24.0 Å². The first kappa shape index (κ1) is 25.8. The highest BCUT2D eigenvalue weighted by atomic mass is 79.9. The molecule has 38 heavy (non-hydrogen) atoms. The van der Waals surface area contributed by atoms with Gasteiger partial charge in [-0.1, -0.05) is 6.92 Å². The Labute approximate surface area is 231 Å². The average Bonchev–Trinajstić information content (AvgIpc) is 3.48. The van der Waals surface area contributed by atoms with E-state index >= 15 is 4.39 Å². The molecule has 1 amide bonds. The van der Waals surface area contributed by atoms with Crippen LogP contribution >= 0.6 is 15.9 Å². The van der Waals surface area contributed by atoms with E-state index in [0.717, 1.165) is 60.4 Å². The molecule has 2 bridgehead atoms. The summed E-state index contributed by atoms with van der Waals surface area (Å²) in [7, 11) is 4.16. The molecule has 204 valence electrons. The van der Waals surface area contributed by atoms with Gasteiger partial charge in [-0.05, 0) is 75.8 Å². The number of pyridine rings is 1. The van der Waals surface area contributed by atoms with E-state index in [1.165, 1.54) is 0 Å². The highest BCUT2D eigenvalue weighted by molar-refractivity contribution is 9.10. The number of halogens is 2. The van der Waals surface area contributed by atoms with Gasteiger partial charge in [-0.3, -0.25) is 0 Å². The van der Waals surface area contributed by atoms with Crippen molar-refractivity contribution >= 4 is 49.8 Å². The van der Waals surface area contributed by atoms with Gasteiger partial charge in [0.1, 0.15) is 22.5 Å². The van der Waals surface area contributed by atoms with Crippen molar-refractivity contribution in [2.75, 3.05) is 38.6 Å². The van der Waals surface area contributed by atoms with Crippen LogP contribution in [-0.4, -0.2) is 81.8 Å². The van der Waals surface area contributed by atoms with Crippen molar-refractivity contribution in [2.24, 2.45) is 5.92 Å². The molecule has 1 saturated carbocycles. The first-order chi connectivity index (χ1) is 18.0. The molecule has 10 heteroatoms. The molecule has 1 aromatic carbocycles. The molecular formula is C28H36BrFN6O2. The van der Waals surface area contributed by atoms with Crippen molar-refractivity contribution in [3.63, 3.8) is 0 Å². The number of likely N-dealkylation sites (N-methyl/N-ethyl adjacent to an activating group) is 1. The number of aromatic nitrogens is 3. The molecule has 3 aromatic rings. The first-order valence-electron chi connectivity index (χ1n) is 13.6. The molecule has 3 atom stereocenters. The zero-order valence-corrected chi connectivity index (χ0v) is 24.5. The highest BCUT2D eigenvalue weighted by Crippen LogP contribution is 2.52. The van der Waals surface area contributed by atoms with Crippen LogP contribution in [0.3, 0.4) is 0 Å². The number of imidazole rings is 1. The number of carbonyl (C=O) groups excluding carboxylic acids is 1. The maximum absolute atomic E-state index is 15.5. The van der Waals surface area contributed by atoms with Crippen LogP contribution in [0.2, 0.25) is 0 Å². The second kappa shape index (κ2) is 9.05. The van der Waals surface area contributed by atoms with Crippen LogP contribution in [-0.2, 0) is 11.2 Å². The van der Waals surface area contributed by atoms with Crippen LogP contribution in [0, 0.1) is 11.7 Å². The maximum atomic E-state index is 15.5. The Bertz CT molecular complexity index is 1430. The molecular weight excluding hydrogens is 551 g/mol. The Hall–Kier alpha value is -2.46. The van der Waals surface area contributed by atoms with E-state index in [9.17, 15) is 4.79 Å². The number of anilines is 1. The molecule has 7 rings (SSSR count). The van der Waals surface area contributed by atoms with Gasteiger partial charge >= 0.3 is 6.09 Å². The molecule has 4 fully saturated rings. The van der Waals surface area contributed by atoms with E-state index in [1.807, 2.05) is 31.7 Å². The first-order valence-corrected chi connectivity index (χ1v) is 14.4. The number of ether oxygens (including phenoxy) is 1. The van der Waals surface area contributed by atoms with Gasteiger partial charge in [0.2, 0.25) is 0 Å². The molecule has 0 N–H and O–H groups in total. The quantitative estimate of drug-likeness (QED) is 0.400. The summed E-state index contributed by atoms with van der Waals surface area (Å²) in [6.45, 7) is 10.2. The molecule has 3 aliphatic heterocycles. The van der Waals surface area contributed by atoms with Crippen molar-refractivity contribution < 1.29 is 13.9 Å². The lowest BCUT2D eigenvalue weighted by Gasteiger charge is -2.43. The monoisotopic (exact) mass is 586 g/mol. The third kappa shape index (κ3) is 3.97. The summed E-state index contributed by atoms with van der Waals surface area (Å²) in [4.78, 5) is 29.4. The zero-order valence-electron chi connectivity index (χ0n) is 23.0. The Morgan fingerprint density at radius 2 is 1.92 bits per heavy atom. The van der Waals surface area contributed by atoms with Gasteiger partial charge in [0.15, 0.2) is 11.6 Å². The topological polar surface area (TPSA) is 66.7 Å². The summed E-state index contributed by atoms with van der Waals surface area (Å²) in [6.07, 6.45) is 2.43. The van der Waals surface area contributed by atoms with Crippen molar-refractivity contribution in [1.82, 2.24) is 24.3 Å². The van der Waals surface area contributed by atoms with Gasteiger partial charge in [-0.15, -0.1) is 0 Å². The number of carbonyl (C=O) groups is 1. The summed E-state index contributed by atoms with van der Waals surface area (Å²) in [6, 6.07) is 4.25. The second-order valence-corrected chi connectivity index (χ2v) is 13.1. The summed E-state index contributed by atoms with van der Waals surface area (Å²) in [5.41, 5.74) is 1.57. The molecule has 5 heterocycles. The Balaban J connectivity index is 1.51. The smallest absolute Gasteiger partial charge is 0.410 e. The molecule has 3 saturated heterocycles. The number of benzene rings is 1. The van der Waals surface area contributed by atoms with Crippen molar-refractivity contribution in [2.45, 2.75) is 70.7 Å². The minimum absolute atomic E-state index is 0.0388. The van der Waals surface area contributed by atoms with E-state index in [2.05, 4.69) is 51.3 Å². The predicted molar refractivity (Wildman–Crippen MR) is 150 cm³/mol. The van der Waals surface area contributed by atoms with Crippen LogP contribution in [0.25, 0.3) is 21.9 Å². The molecule has 3 unspecified atom stereocenters. The van der Waals surface area contributed by atoms with Crippen LogP contribution < -0.4 is 4.90 Å². The lowest BCUT2D eigenvalue weighted by atomic mass is 9.79. The van der Waals surface area contributed by atoms with E-state index in [1.54, 1.807) is 6.07 Å². The normalized spacial score (nSPS) is 23.4. The van der Waals surface area contributed by atoms with E-state index in [4.69, 9.17) is 14.7 Å². The van der Waals surface area contributed by atoms with Gasteiger partial charge in [0, 0.05) is 43.4 Å². The van der Waals surface area contributed by atoms with Gasteiger partial charge in [-0.25, -0.2) is 19.2 Å². The Morgan fingerprint density at radius 1 is 1.18 bits per heavy atom. The standard InChI is InChI=1S/C28H36BrFN6O2/c1-7-8-20-31-23-25(36(20)24-15-11-19(24)35(12-15)27(37)38-28(2,3)4)17-9-10-18(29)21(30)22(17)32-26(23)34-13-16(14-34)33(5)6/h9-10,15-16,19,24H,7-8,11-14H2,1-6H3. The lowest BCUT2D eigenvalue weighted by Crippen LogP contribution is -2.57. The lowest BCUT2D eigenvalue weighted by molar-refractivity contribution is 0.0209. The molecule has 4 aliphatic rings. The fourth-order valence-electron chi connectivity index (χ4n) is 6.29. The summed E-state index contributed by atoms with van der Waals surface area (Å²) in [5.74, 6) is 1.69. The molecule has 0 radical (unpaired) electrons. The second-order valence-electron chi connectivity index (χ2n) is 12.2. The van der Waals surface area contributed by atoms with Gasteiger partial charge in [0.05, 0.1) is 22.1 Å². The van der Waals surface area contributed by atoms with Crippen molar-refractivity contribution in [3.05, 3.63) is 28.2 Å². The predicted octanol–water partition coefficient (Wildman–Crippen LogP) is 5.37. The number of fused-ring (bicyclic) bond motifs is 4. The largest absolute Gasteiger partial charge is 0.444 e. The summed E-state index contributed by atoms with van der Waals surface area (Å²) in [5, 5.41) is 0.763. The van der Waals surface area contributed by atoms with Crippen LogP contribution in [0.5, 0.6) is 0 Å². The SMILES string of the molecule is CCCc1nc2c(N3CC(N(C)C)C3)nc3c(F)c(Br)ccc3c2n1C1C2CC1N(C(=O)OC(C)(C)C)C2. The molecule has 2 aromatic heterocycles. The highest BCUT2D eigenvalue weighted by Gasteiger charge is 2.56. The minimum atomic E-state index is -0.544. The third-order valence-corrected chi connectivity index (χ3v) is 8.90. The van der Waals surface area contributed by atoms with Crippen LogP contribution in [0.4, 0.5) is 15.0 Å². The van der Waals surface area contributed by atoms with Crippen LogP contribution in [0.1, 0.15) is 52.4 Å². The number of rotatable bonds is 5. The van der Waals surface area contributed by atoms with Crippen LogP contribution in [0.15, 0.2) is 16.6 Å². The fourth-order valence-corrected chi connectivity index (χ4v) is 6.61. The summed E-state index contributed by atoms with van der Waals surface area (Å²) >= 11 is 3.37. The maximum Gasteiger partial charge on any atom is 0.410 e. The van der Waals surface area contributed by atoms with E-state index in [0.29, 0.717) is 28.5 Å². The Kier molecular flexibility index (Phi) is 6.14. The number of amides is 1. The number of hydrogen-bond acceptors (Lipinski definition) is 6. The van der Waals surface area contributed by atoms with Gasteiger partial charge in [-0.2, -0.15) is 0 Å². The third-order valence-electron chi connectivity index (χ3n) is 8.28. The zero-order chi connectivity index (χ0) is 27.1. The number of aryl methyl sites for hydroxylation is 1. The van der Waals surface area contributed by atoms with E-state index in [-0.39, 0.29) is 24.0 Å².